The minimum atomic E-state index is -0.402. The Balaban J connectivity index is 1.52. The maximum atomic E-state index is 13.3. The summed E-state index contributed by atoms with van der Waals surface area (Å²) in [6.07, 6.45) is 1.61. The van der Waals surface area contributed by atoms with Crippen LogP contribution in [0.25, 0.3) is 11.4 Å². The van der Waals surface area contributed by atoms with Crippen molar-refractivity contribution in [1.29, 1.82) is 0 Å². The van der Waals surface area contributed by atoms with Crippen LogP contribution in [0.4, 0.5) is 10.1 Å². The summed E-state index contributed by atoms with van der Waals surface area (Å²) in [5, 5.41) is 11.8. The fourth-order valence-corrected chi connectivity index (χ4v) is 3.53. The molecule has 0 fully saturated rings. The van der Waals surface area contributed by atoms with Crippen LogP contribution in [0.3, 0.4) is 0 Å². The van der Waals surface area contributed by atoms with Gasteiger partial charge in [0.15, 0.2) is 11.0 Å². The van der Waals surface area contributed by atoms with Crippen molar-refractivity contribution < 1.29 is 13.6 Å². The van der Waals surface area contributed by atoms with Gasteiger partial charge in [-0.15, -0.1) is 10.2 Å². The number of amides is 1. The molecule has 0 saturated carbocycles. The Labute approximate surface area is 170 Å². The van der Waals surface area contributed by atoms with Crippen LogP contribution in [0.15, 0.2) is 82.6 Å². The molecular formula is C21H17FN4O2S. The van der Waals surface area contributed by atoms with Gasteiger partial charge in [0.05, 0.1) is 18.6 Å². The predicted molar refractivity (Wildman–Crippen MR) is 109 cm³/mol. The van der Waals surface area contributed by atoms with Gasteiger partial charge < -0.3 is 9.73 Å². The van der Waals surface area contributed by atoms with E-state index >= 15 is 0 Å². The van der Waals surface area contributed by atoms with Crippen LogP contribution in [0.5, 0.6) is 0 Å². The van der Waals surface area contributed by atoms with E-state index < -0.39 is 5.82 Å². The smallest absolute Gasteiger partial charge is 0.234 e. The molecule has 0 aliphatic carbocycles. The van der Waals surface area contributed by atoms with Crippen LogP contribution in [-0.4, -0.2) is 26.4 Å². The topological polar surface area (TPSA) is 73.0 Å². The summed E-state index contributed by atoms with van der Waals surface area (Å²) in [7, 11) is 0. The van der Waals surface area contributed by atoms with Crippen molar-refractivity contribution in [2.75, 3.05) is 11.1 Å². The van der Waals surface area contributed by atoms with Crippen molar-refractivity contribution in [2.24, 2.45) is 0 Å². The van der Waals surface area contributed by atoms with Gasteiger partial charge >= 0.3 is 0 Å². The Morgan fingerprint density at radius 3 is 2.69 bits per heavy atom. The van der Waals surface area contributed by atoms with E-state index in [1.807, 2.05) is 47.0 Å². The van der Waals surface area contributed by atoms with E-state index in [0.717, 1.165) is 11.3 Å². The van der Waals surface area contributed by atoms with E-state index in [9.17, 15) is 9.18 Å². The fourth-order valence-electron chi connectivity index (χ4n) is 2.79. The highest BCUT2D eigenvalue weighted by atomic mass is 32.2. The highest BCUT2D eigenvalue weighted by Gasteiger charge is 2.17. The van der Waals surface area contributed by atoms with Crippen molar-refractivity contribution >= 4 is 23.4 Å². The van der Waals surface area contributed by atoms with Crippen molar-refractivity contribution in [3.05, 3.63) is 84.6 Å². The van der Waals surface area contributed by atoms with Crippen molar-refractivity contribution in [1.82, 2.24) is 14.8 Å². The van der Waals surface area contributed by atoms with Crippen LogP contribution in [0, 0.1) is 5.82 Å². The van der Waals surface area contributed by atoms with Crippen LogP contribution in [-0.2, 0) is 11.3 Å². The predicted octanol–water partition coefficient (Wildman–Crippen LogP) is 4.46. The van der Waals surface area contributed by atoms with Crippen LogP contribution in [0.2, 0.25) is 0 Å². The number of thioether (sulfide) groups is 1. The van der Waals surface area contributed by atoms with Gasteiger partial charge in [0, 0.05) is 11.3 Å². The summed E-state index contributed by atoms with van der Waals surface area (Å²) in [4.78, 5) is 12.3. The lowest BCUT2D eigenvalue weighted by Gasteiger charge is -2.09. The first-order valence-corrected chi connectivity index (χ1v) is 9.87. The molecule has 0 unspecified atom stereocenters. The summed E-state index contributed by atoms with van der Waals surface area (Å²) in [5.74, 6) is 0.903. The second-order valence-corrected chi connectivity index (χ2v) is 7.13. The van der Waals surface area contributed by atoms with Gasteiger partial charge in [-0.2, -0.15) is 0 Å². The molecule has 2 aromatic carbocycles. The molecule has 1 N–H and O–H groups in total. The average molecular weight is 408 g/mol. The number of anilines is 1. The monoisotopic (exact) mass is 408 g/mol. The molecule has 4 rings (SSSR count). The molecule has 0 aliphatic rings. The first kappa shape index (κ1) is 18.9. The summed E-state index contributed by atoms with van der Waals surface area (Å²) >= 11 is 1.26. The third-order valence-corrected chi connectivity index (χ3v) is 5.05. The maximum Gasteiger partial charge on any atom is 0.234 e. The Morgan fingerprint density at radius 2 is 1.93 bits per heavy atom. The molecule has 29 heavy (non-hydrogen) atoms. The molecule has 146 valence electrons. The Morgan fingerprint density at radius 1 is 1.07 bits per heavy atom. The largest absolute Gasteiger partial charge is 0.467 e. The van der Waals surface area contributed by atoms with Gasteiger partial charge in [0.2, 0.25) is 5.91 Å². The molecule has 0 saturated heterocycles. The summed E-state index contributed by atoms with van der Waals surface area (Å²) in [5.41, 5.74) is 1.33. The van der Waals surface area contributed by atoms with E-state index in [0.29, 0.717) is 23.2 Å². The molecule has 0 bridgehead atoms. The number of nitrogens with zero attached hydrogens (tertiary/aromatic N) is 3. The third kappa shape index (κ3) is 4.72. The molecule has 6 nitrogen and oxygen atoms in total. The van der Waals surface area contributed by atoms with E-state index in [4.69, 9.17) is 4.42 Å². The molecule has 8 heteroatoms. The lowest BCUT2D eigenvalue weighted by atomic mass is 10.2. The lowest BCUT2D eigenvalue weighted by molar-refractivity contribution is -0.113. The molecule has 0 spiro atoms. The van der Waals surface area contributed by atoms with Crippen molar-refractivity contribution in [3.63, 3.8) is 0 Å². The molecule has 0 radical (unpaired) electrons. The first-order chi connectivity index (χ1) is 14.2. The van der Waals surface area contributed by atoms with Gasteiger partial charge in [-0.1, -0.05) is 48.2 Å². The SMILES string of the molecule is O=C(CSc1nnc(-c2ccccc2)n1Cc1ccco1)Nc1cccc(F)c1. The highest BCUT2D eigenvalue weighted by molar-refractivity contribution is 7.99. The molecule has 1 amide bonds. The van der Waals surface area contributed by atoms with Gasteiger partial charge in [0.1, 0.15) is 11.6 Å². The van der Waals surface area contributed by atoms with Crippen LogP contribution >= 0.6 is 11.8 Å². The lowest BCUT2D eigenvalue weighted by Crippen LogP contribution is -2.15. The highest BCUT2D eigenvalue weighted by Crippen LogP contribution is 2.25. The molecule has 0 aliphatic heterocycles. The fraction of sp³-hybridized carbons (Fsp3) is 0.0952. The minimum absolute atomic E-state index is 0.113. The van der Waals surface area contributed by atoms with Gasteiger partial charge in [-0.25, -0.2) is 4.39 Å². The quantitative estimate of drug-likeness (QED) is 0.457. The zero-order valence-electron chi connectivity index (χ0n) is 15.3. The van der Waals surface area contributed by atoms with E-state index in [-0.39, 0.29) is 11.7 Å². The minimum Gasteiger partial charge on any atom is -0.467 e. The standard InChI is InChI=1S/C21H17FN4O2S/c22-16-8-4-9-17(12-16)23-19(27)14-29-21-25-24-20(15-6-2-1-3-7-15)26(21)13-18-10-5-11-28-18/h1-12H,13-14H2,(H,23,27). The molecule has 2 heterocycles. The second kappa shape index (κ2) is 8.74. The number of carbonyl (C=O) groups excluding carboxylic acids is 1. The third-order valence-electron chi connectivity index (χ3n) is 4.08. The Bertz CT molecular complexity index is 1100. The van der Waals surface area contributed by atoms with Crippen molar-refractivity contribution in [3.8, 4) is 11.4 Å². The zero-order chi connectivity index (χ0) is 20.1. The summed E-state index contributed by atoms with van der Waals surface area (Å²) in [6, 6.07) is 19.2. The molecule has 0 atom stereocenters. The molecular weight excluding hydrogens is 391 g/mol. The van der Waals surface area contributed by atoms with E-state index in [1.165, 1.54) is 23.9 Å². The average Bonchev–Trinajstić information content (AvgIpc) is 3.38. The van der Waals surface area contributed by atoms with Crippen LogP contribution < -0.4 is 5.32 Å². The number of hydrogen-bond donors (Lipinski definition) is 1. The first-order valence-electron chi connectivity index (χ1n) is 8.88. The van der Waals surface area contributed by atoms with Gasteiger partial charge in [0.25, 0.3) is 0 Å². The number of nitrogens with one attached hydrogen (secondary N) is 1. The maximum absolute atomic E-state index is 13.3. The normalized spacial score (nSPS) is 10.8. The number of carbonyl (C=O) groups is 1. The number of furan rings is 1. The number of halogens is 1. The van der Waals surface area contributed by atoms with E-state index in [1.54, 1.807) is 18.4 Å². The van der Waals surface area contributed by atoms with Gasteiger partial charge in [-0.3, -0.25) is 9.36 Å². The molecule has 4 aromatic rings. The number of hydrogen-bond acceptors (Lipinski definition) is 5. The second-order valence-electron chi connectivity index (χ2n) is 6.18. The van der Waals surface area contributed by atoms with Gasteiger partial charge in [-0.05, 0) is 30.3 Å². The Hall–Kier alpha value is -3.39. The Kier molecular flexibility index (Phi) is 5.71. The number of benzene rings is 2. The number of rotatable bonds is 7. The van der Waals surface area contributed by atoms with Crippen molar-refractivity contribution in [2.45, 2.75) is 11.7 Å². The van der Waals surface area contributed by atoms with Crippen LogP contribution in [0.1, 0.15) is 5.76 Å². The molecule has 2 aromatic heterocycles. The summed E-state index contributed by atoms with van der Waals surface area (Å²) < 4.78 is 20.7. The van der Waals surface area contributed by atoms with E-state index in [2.05, 4.69) is 15.5 Å². The number of aromatic nitrogens is 3. The summed E-state index contributed by atoms with van der Waals surface area (Å²) in [6.45, 7) is 0.443. The zero-order valence-corrected chi connectivity index (χ0v) is 16.1.